The molecule has 21 heavy (non-hydrogen) atoms. The Morgan fingerprint density at radius 3 is 2.62 bits per heavy atom. The number of rotatable bonds is 3. The maximum absolute atomic E-state index is 13.6. The fraction of sp³-hybridized carbons (Fsp3) is 0.0909. The SMILES string of the molecule is NS(=O)(=O)c1cn(Cc2cc(Br)ccc2F)c(=O)[nH]c1=O. The van der Waals surface area contributed by atoms with Crippen molar-refractivity contribution in [3.63, 3.8) is 0 Å². The predicted molar refractivity (Wildman–Crippen MR) is 75.9 cm³/mol. The Hall–Kier alpha value is -1.78. The van der Waals surface area contributed by atoms with Crippen molar-refractivity contribution in [2.45, 2.75) is 11.4 Å². The molecule has 10 heteroatoms. The summed E-state index contributed by atoms with van der Waals surface area (Å²) in [6, 6.07) is 4.10. The van der Waals surface area contributed by atoms with E-state index in [1.807, 2.05) is 4.98 Å². The molecule has 0 unspecified atom stereocenters. The molecule has 0 saturated carbocycles. The number of benzene rings is 1. The van der Waals surface area contributed by atoms with Gasteiger partial charge >= 0.3 is 5.69 Å². The van der Waals surface area contributed by atoms with Crippen LogP contribution in [0, 0.1) is 5.82 Å². The second-order valence-corrected chi connectivity index (χ2v) is 6.61. The van der Waals surface area contributed by atoms with Crippen LogP contribution in [-0.4, -0.2) is 18.0 Å². The van der Waals surface area contributed by atoms with Crippen LogP contribution in [0.2, 0.25) is 0 Å². The van der Waals surface area contributed by atoms with Crippen molar-refractivity contribution in [3.8, 4) is 0 Å². The number of hydrogen-bond acceptors (Lipinski definition) is 4. The summed E-state index contributed by atoms with van der Waals surface area (Å²) in [5.74, 6) is -0.576. The third-order valence-corrected chi connectivity index (χ3v) is 4.03. The normalized spacial score (nSPS) is 11.6. The summed E-state index contributed by atoms with van der Waals surface area (Å²) < 4.78 is 37.6. The van der Waals surface area contributed by atoms with Crippen LogP contribution in [0.5, 0.6) is 0 Å². The predicted octanol–water partition coefficient (Wildman–Crippen LogP) is 0.134. The van der Waals surface area contributed by atoms with Gasteiger partial charge in [-0.2, -0.15) is 0 Å². The molecule has 0 saturated heterocycles. The molecule has 0 aliphatic heterocycles. The molecule has 0 amide bonds. The van der Waals surface area contributed by atoms with Gasteiger partial charge in [0.05, 0.1) is 6.54 Å². The zero-order valence-corrected chi connectivity index (χ0v) is 12.7. The van der Waals surface area contributed by atoms with Crippen molar-refractivity contribution in [2.75, 3.05) is 0 Å². The van der Waals surface area contributed by atoms with Crippen LogP contribution in [0.1, 0.15) is 5.56 Å². The number of nitrogens with one attached hydrogen (secondary N) is 1. The maximum Gasteiger partial charge on any atom is 0.328 e. The first-order valence-electron chi connectivity index (χ1n) is 5.49. The molecule has 7 nitrogen and oxygen atoms in total. The lowest BCUT2D eigenvalue weighted by atomic mass is 10.2. The quantitative estimate of drug-likeness (QED) is 0.790. The molecule has 2 rings (SSSR count). The van der Waals surface area contributed by atoms with Crippen molar-refractivity contribution >= 4 is 26.0 Å². The van der Waals surface area contributed by atoms with Gasteiger partial charge in [-0.15, -0.1) is 0 Å². The molecule has 0 atom stereocenters. The first-order chi connectivity index (χ1) is 9.68. The summed E-state index contributed by atoms with van der Waals surface area (Å²) >= 11 is 3.16. The Morgan fingerprint density at radius 1 is 1.33 bits per heavy atom. The maximum atomic E-state index is 13.6. The van der Waals surface area contributed by atoms with Crippen LogP contribution >= 0.6 is 15.9 Å². The average molecular weight is 378 g/mol. The summed E-state index contributed by atoms with van der Waals surface area (Å²) in [5, 5.41) is 4.88. The Bertz CT molecular complexity index is 920. The summed E-state index contributed by atoms with van der Waals surface area (Å²) in [7, 11) is -4.29. The van der Waals surface area contributed by atoms with Gasteiger partial charge in [-0.25, -0.2) is 22.7 Å². The molecular formula is C11H9BrFN3O4S. The number of nitrogens with two attached hydrogens (primary N) is 1. The van der Waals surface area contributed by atoms with Crippen molar-refractivity contribution in [2.24, 2.45) is 5.14 Å². The summed E-state index contributed by atoms with van der Waals surface area (Å²) in [6.45, 7) is -0.261. The summed E-state index contributed by atoms with van der Waals surface area (Å²) in [6.07, 6.45) is 0.789. The average Bonchev–Trinajstić information content (AvgIpc) is 2.35. The molecule has 0 bridgehead atoms. The van der Waals surface area contributed by atoms with Gasteiger partial charge in [-0.1, -0.05) is 15.9 Å². The minimum Gasteiger partial charge on any atom is -0.295 e. The number of hydrogen-bond donors (Lipinski definition) is 2. The van der Waals surface area contributed by atoms with Crippen LogP contribution in [0.25, 0.3) is 0 Å². The van der Waals surface area contributed by atoms with E-state index in [0.717, 1.165) is 10.8 Å². The fourth-order valence-electron chi connectivity index (χ4n) is 1.66. The lowest BCUT2D eigenvalue weighted by Crippen LogP contribution is -2.35. The molecule has 3 N–H and O–H groups in total. The minimum atomic E-state index is -4.29. The second-order valence-electron chi connectivity index (χ2n) is 4.16. The Morgan fingerprint density at radius 2 is 2.00 bits per heavy atom. The number of aromatic amines is 1. The van der Waals surface area contributed by atoms with Gasteiger partial charge in [-0.3, -0.25) is 14.3 Å². The van der Waals surface area contributed by atoms with Crippen LogP contribution in [0.3, 0.4) is 0 Å². The van der Waals surface area contributed by atoms with Crippen molar-refractivity contribution in [1.29, 1.82) is 0 Å². The van der Waals surface area contributed by atoms with Gasteiger partial charge < -0.3 is 0 Å². The third-order valence-electron chi connectivity index (χ3n) is 2.63. The lowest BCUT2D eigenvalue weighted by molar-refractivity contribution is 0.582. The van der Waals surface area contributed by atoms with E-state index in [1.54, 1.807) is 0 Å². The van der Waals surface area contributed by atoms with Gasteiger partial charge in [0, 0.05) is 16.2 Å². The Balaban J connectivity index is 2.58. The standard InChI is InChI=1S/C11H9BrFN3O4S/c12-7-1-2-8(13)6(3-7)4-16-5-9(21(14,19)20)10(17)15-11(16)18/h1-3,5H,4H2,(H2,14,19,20)(H,15,17,18). The van der Waals surface area contributed by atoms with Crippen molar-refractivity contribution in [3.05, 3.63) is 61.1 Å². The van der Waals surface area contributed by atoms with Crippen molar-refractivity contribution in [1.82, 2.24) is 9.55 Å². The molecular weight excluding hydrogens is 369 g/mol. The van der Waals surface area contributed by atoms with Crippen LogP contribution < -0.4 is 16.4 Å². The molecule has 2 aromatic rings. The number of H-pyrrole nitrogens is 1. The first-order valence-corrected chi connectivity index (χ1v) is 7.83. The van der Waals surface area contributed by atoms with Gasteiger partial charge in [-0.05, 0) is 18.2 Å². The number of aromatic nitrogens is 2. The highest BCUT2D eigenvalue weighted by Crippen LogP contribution is 2.16. The molecule has 1 aromatic heterocycles. The molecule has 1 aromatic carbocycles. The zero-order valence-electron chi connectivity index (χ0n) is 10.3. The largest absolute Gasteiger partial charge is 0.328 e. The van der Waals surface area contributed by atoms with E-state index in [-0.39, 0.29) is 12.1 Å². The van der Waals surface area contributed by atoms with Gasteiger partial charge in [0.25, 0.3) is 5.56 Å². The smallest absolute Gasteiger partial charge is 0.295 e. The molecule has 112 valence electrons. The minimum absolute atomic E-state index is 0.138. The monoisotopic (exact) mass is 377 g/mol. The number of primary sulfonamides is 1. The highest BCUT2D eigenvalue weighted by molar-refractivity contribution is 9.10. The molecule has 0 radical (unpaired) electrons. The topological polar surface area (TPSA) is 115 Å². The highest BCUT2D eigenvalue weighted by atomic mass is 79.9. The third kappa shape index (κ3) is 3.46. The van der Waals surface area contributed by atoms with E-state index in [2.05, 4.69) is 15.9 Å². The highest BCUT2D eigenvalue weighted by Gasteiger charge is 2.16. The zero-order chi connectivity index (χ0) is 15.8. The van der Waals surface area contributed by atoms with E-state index in [1.165, 1.54) is 18.2 Å². The lowest BCUT2D eigenvalue weighted by Gasteiger charge is -2.08. The Labute approximate surface area is 126 Å². The van der Waals surface area contributed by atoms with Gasteiger partial charge in [0.15, 0.2) is 4.90 Å². The Kier molecular flexibility index (Phi) is 4.12. The van der Waals surface area contributed by atoms with Crippen LogP contribution in [-0.2, 0) is 16.6 Å². The molecule has 0 spiro atoms. The number of sulfonamides is 1. The van der Waals surface area contributed by atoms with E-state index in [9.17, 15) is 22.4 Å². The van der Waals surface area contributed by atoms with Gasteiger partial charge in [0.1, 0.15) is 5.82 Å². The van der Waals surface area contributed by atoms with Crippen molar-refractivity contribution < 1.29 is 12.8 Å². The van der Waals surface area contributed by atoms with Gasteiger partial charge in [0.2, 0.25) is 10.0 Å². The number of nitrogens with zero attached hydrogens (tertiary/aromatic N) is 1. The van der Waals surface area contributed by atoms with E-state index in [0.29, 0.717) is 4.47 Å². The van der Waals surface area contributed by atoms with E-state index >= 15 is 0 Å². The second kappa shape index (κ2) is 5.54. The molecule has 0 aliphatic carbocycles. The van der Waals surface area contributed by atoms with E-state index < -0.39 is 32.0 Å². The molecule has 1 heterocycles. The first kappa shape index (κ1) is 15.6. The van der Waals surface area contributed by atoms with Crippen LogP contribution in [0.4, 0.5) is 4.39 Å². The summed E-state index contributed by atoms with van der Waals surface area (Å²) in [5.41, 5.74) is -1.85. The summed E-state index contributed by atoms with van der Waals surface area (Å²) in [4.78, 5) is 24.1. The van der Waals surface area contributed by atoms with Crippen LogP contribution in [0.15, 0.2) is 43.4 Å². The van der Waals surface area contributed by atoms with E-state index in [4.69, 9.17) is 5.14 Å². The fourth-order valence-corrected chi connectivity index (χ4v) is 2.65. The molecule has 0 fully saturated rings. The molecule has 0 aliphatic rings. The number of halogens is 2.